The van der Waals surface area contributed by atoms with Crippen molar-refractivity contribution in [3.63, 3.8) is 0 Å². The molecule has 0 spiro atoms. The highest BCUT2D eigenvalue weighted by Gasteiger charge is 2.24. The zero-order valence-electron chi connectivity index (χ0n) is 12.3. The van der Waals surface area contributed by atoms with E-state index in [4.69, 9.17) is 0 Å². The van der Waals surface area contributed by atoms with E-state index in [2.05, 4.69) is 20.0 Å². The Morgan fingerprint density at radius 2 is 2.14 bits per heavy atom. The van der Waals surface area contributed by atoms with Crippen LogP contribution in [-0.4, -0.2) is 26.1 Å². The van der Waals surface area contributed by atoms with Gasteiger partial charge in [0.2, 0.25) is 0 Å². The Kier molecular flexibility index (Phi) is 3.03. The van der Waals surface area contributed by atoms with Crippen LogP contribution in [0.5, 0.6) is 0 Å². The third kappa shape index (κ3) is 2.03. The van der Waals surface area contributed by atoms with E-state index < -0.39 is 0 Å². The van der Waals surface area contributed by atoms with Crippen molar-refractivity contribution < 1.29 is 4.39 Å². The fourth-order valence-electron chi connectivity index (χ4n) is 3.12. The van der Waals surface area contributed by atoms with Crippen molar-refractivity contribution in [2.75, 3.05) is 11.4 Å². The van der Waals surface area contributed by atoms with Gasteiger partial charge in [-0.05, 0) is 25.8 Å². The number of hydrogen-bond acceptors (Lipinski definition) is 4. The van der Waals surface area contributed by atoms with E-state index >= 15 is 0 Å². The van der Waals surface area contributed by atoms with Gasteiger partial charge in [-0.2, -0.15) is 14.6 Å². The number of anilines is 1. The summed E-state index contributed by atoms with van der Waals surface area (Å²) >= 11 is 0. The zero-order valence-corrected chi connectivity index (χ0v) is 12.3. The van der Waals surface area contributed by atoms with Gasteiger partial charge in [0.15, 0.2) is 0 Å². The number of benzene rings is 1. The highest BCUT2D eigenvalue weighted by atomic mass is 19.1. The van der Waals surface area contributed by atoms with Crippen molar-refractivity contribution in [2.24, 2.45) is 0 Å². The first-order valence-electron chi connectivity index (χ1n) is 7.41. The van der Waals surface area contributed by atoms with E-state index in [1.807, 2.05) is 19.1 Å². The van der Waals surface area contributed by atoms with Crippen LogP contribution in [0.15, 0.2) is 30.6 Å². The lowest BCUT2D eigenvalue weighted by Gasteiger charge is -2.31. The fourth-order valence-corrected chi connectivity index (χ4v) is 3.12. The number of halogens is 1. The summed E-state index contributed by atoms with van der Waals surface area (Å²) in [4.78, 5) is 10.9. The Hall–Kier alpha value is -2.50. The van der Waals surface area contributed by atoms with Crippen molar-refractivity contribution in [1.82, 2.24) is 19.6 Å². The van der Waals surface area contributed by atoms with Crippen LogP contribution < -0.4 is 4.90 Å². The molecule has 0 atom stereocenters. The smallest absolute Gasteiger partial charge is 0.254 e. The molecule has 4 rings (SSSR count). The minimum Gasteiger partial charge on any atom is -0.352 e. The van der Waals surface area contributed by atoms with Gasteiger partial charge in [0.05, 0.1) is 0 Å². The average molecular weight is 297 g/mol. The molecule has 0 radical (unpaired) electrons. The number of rotatable bonds is 2. The average Bonchev–Trinajstić information content (AvgIpc) is 2.98. The Bertz CT molecular complexity index is 842. The molecule has 3 heterocycles. The highest BCUT2D eigenvalue weighted by Crippen LogP contribution is 2.30. The molecule has 1 aliphatic rings. The Labute approximate surface area is 127 Å². The molecule has 2 aromatic heterocycles. The monoisotopic (exact) mass is 297 g/mol. The molecule has 0 saturated heterocycles. The fraction of sp³-hybridized carbons (Fsp3) is 0.312. The second kappa shape index (κ2) is 5.05. The second-order valence-corrected chi connectivity index (χ2v) is 5.59. The topological polar surface area (TPSA) is 46.3 Å². The van der Waals surface area contributed by atoms with Crippen molar-refractivity contribution in [3.05, 3.63) is 53.2 Å². The van der Waals surface area contributed by atoms with E-state index in [-0.39, 0.29) is 5.82 Å². The predicted molar refractivity (Wildman–Crippen MR) is 81.3 cm³/mol. The summed E-state index contributed by atoms with van der Waals surface area (Å²) in [5.74, 6) is 1.42. The summed E-state index contributed by atoms with van der Waals surface area (Å²) in [5.41, 5.74) is 2.85. The quantitative estimate of drug-likeness (QED) is 0.729. The van der Waals surface area contributed by atoms with Crippen LogP contribution in [0, 0.1) is 12.7 Å². The van der Waals surface area contributed by atoms with Crippen LogP contribution >= 0.6 is 0 Å². The van der Waals surface area contributed by atoms with E-state index in [1.165, 1.54) is 18.0 Å². The first-order valence-corrected chi connectivity index (χ1v) is 7.41. The van der Waals surface area contributed by atoms with Crippen molar-refractivity contribution >= 4 is 11.6 Å². The number of aryl methyl sites for hydroxylation is 1. The highest BCUT2D eigenvalue weighted by molar-refractivity contribution is 5.56. The second-order valence-electron chi connectivity index (χ2n) is 5.59. The Morgan fingerprint density at radius 3 is 3.00 bits per heavy atom. The molecule has 0 amide bonds. The molecular weight excluding hydrogens is 281 g/mol. The van der Waals surface area contributed by atoms with Gasteiger partial charge in [0, 0.05) is 29.9 Å². The van der Waals surface area contributed by atoms with Crippen molar-refractivity contribution in [2.45, 2.75) is 26.3 Å². The summed E-state index contributed by atoms with van der Waals surface area (Å²) in [7, 11) is 0. The van der Waals surface area contributed by atoms with Crippen molar-refractivity contribution in [1.29, 1.82) is 0 Å². The maximum absolute atomic E-state index is 14.0. The molecule has 0 fully saturated rings. The molecule has 0 N–H and O–H groups in total. The SMILES string of the molecule is Cc1nc2ncnn2c2c1CCCN2Cc1ccccc1F. The van der Waals surface area contributed by atoms with Crippen LogP contribution in [0.1, 0.15) is 23.2 Å². The lowest BCUT2D eigenvalue weighted by molar-refractivity contribution is 0.591. The largest absolute Gasteiger partial charge is 0.352 e. The minimum absolute atomic E-state index is 0.171. The minimum atomic E-state index is -0.171. The molecule has 112 valence electrons. The molecule has 1 aromatic carbocycles. The van der Waals surface area contributed by atoms with Crippen LogP contribution in [0.25, 0.3) is 5.78 Å². The molecule has 0 unspecified atom stereocenters. The normalized spacial score (nSPS) is 14.4. The molecule has 0 saturated carbocycles. The lowest BCUT2D eigenvalue weighted by Crippen LogP contribution is -2.32. The van der Waals surface area contributed by atoms with E-state index in [1.54, 1.807) is 10.6 Å². The van der Waals surface area contributed by atoms with Gasteiger partial charge >= 0.3 is 0 Å². The van der Waals surface area contributed by atoms with Gasteiger partial charge in [-0.3, -0.25) is 0 Å². The van der Waals surface area contributed by atoms with E-state index in [9.17, 15) is 4.39 Å². The number of fused-ring (bicyclic) bond motifs is 3. The summed E-state index contributed by atoms with van der Waals surface area (Å²) in [6.45, 7) is 3.40. The van der Waals surface area contributed by atoms with Gasteiger partial charge in [-0.15, -0.1) is 0 Å². The van der Waals surface area contributed by atoms with Crippen LogP contribution in [0.3, 0.4) is 0 Å². The van der Waals surface area contributed by atoms with Crippen LogP contribution in [-0.2, 0) is 13.0 Å². The zero-order chi connectivity index (χ0) is 15.1. The molecular formula is C16H16FN5. The molecule has 6 heteroatoms. The van der Waals surface area contributed by atoms with Gasteiger partial charge in [-0.1, -0.05) is 18.2 Å². The molecule has 22 heavy (non-hydrogen) atoms. The van der Waals surface area contributed by atoms with Gasteiger partial charge < -0.3 is 4.90 Å². The van der Waals surface area contributed by atoms with Gasteiger partial charge in [0.25, 0.3) is 5.78 Å². The summed E-state index contributed by atoms with van der Waals surface area (Å²) in [6.07, 6.45) is 3.51. The molecule has 0 aliphatic carbocycles. The van der Waals surface area contributed by atoms with Crippen molar-refractivity contribution in [3.8, 4) is 0 Å². The molecule has 5 nitrogen and oxygen atoms in total. The predicted octanol–water partition coefficient (Wildman–Crippen LogP) is 2.52. The van der Waals surface area contributed by atoms with E-state index in [0.29, 0.717) is 17.9 Å². The summed E-state index contributed by atoms with van der Waals surface area (Å²) < 4.78 is 15.7. The number of hydrogen-bond donors (Lipinski definition) is 0. The first-order chi connectivity index (χ1) is 10.7. The Balaban J connectivity index is 1.83. The van der Waals surface area contributed by atoms with E-state index in [0.717, 1.165) is 30.9 Å². The third-order valence-corrected chi connectivity index (χ3v) is 4.18. The summed E-state index contributed by atoms with van der Waals surface area (Å²) in [6, 6.07) is 6.91. The summed E-state index contributed by atoms with van der Waals surface area (Å²) in [5, 5.41) is 4.30. The van der Waals surface area contributed by atoms with Gasteiger partial charge in [0.1, 0.15) is 18.0 Å². The molecule has 0 bridgehead atoms. The maximum Gasteiger partial charge on any atom is 0.254 e. The first kappa shape index (κ1) is 13.2. The standard InChI is InChI=1S/C16H16FN5/c1-11-13-6-4-8-21(9-12-5-2-3-7-14(12)17)15(13)22-16(20-11)18-10-19-22/h2-3,5,7,10H,4,6,8-9H2,1H3. The Morgan fingerprint density at radius 1 is 1.27 bits per heavy atom. The molecule has 3 aromatic rings. The number of aromatic nitrogens is 4. The molecule has 1 aliphatic heterocycles. The van der Waals surface area contributed by atoms with Crippen LogP contribution in [0.2, 0.25) is 0 Å². The lowest BCUT2D eigenvalue weighted by atomic mass is 10.0. The van der Waals surface area contributed by atoms with Crippen LogP contribution in [0.4, 0.5) is 10.2 Å². The maximum atomic E-state index is 14.0. The number of nitrogens with zero attached hydrogens (tertiary/aromatic N) is 5. The third-order valence-electron chi connectivity index (χ3n) is 4.18. The van der Waals surface area contributed by atoms with Gasteiger partial charge in [-0.25, -0.2) is 9.37 Å².